The molecule has 3 nitrogen and oxygen atoms in total. The van der Waals surface area contributed by atoms with E-state index in [4.69, 9.17) is 0 Å². The van der Waals surface area contributed by atoms with Crippen LogP contribution in [0.5, 0.6) is 0 Å². The summed E-state index contributed by atoms with van der Waals surface area (Å²) in [6.07, 6.45) is 8.05. The minimum atomic E-state index is -0.395. The summed E-state index contributed by atoms with van der Waals surface area (Å²) in [6, 6.07) is 0. The second-order valence-corrected chi connectivity index (χ2v) is 8.92. The fourth-order valence-corrected chi connectivity index (χ4v) is 6.60. The smallest absolute Gasteiger partial charge is 0.0757 e. The molecule has 8 atom stereocenters. The second kappa shape index (κ2) is 4.81. The summed E-state index contributed by atoms with van der Waals surface area (Å²) in [7, 11) is 0. The molecule has 4 rings (SSSR count). The highest BCUT2D eigenvalue weighted by atomic mass is 16.3. The summed E-state index contributed by atoms with van der Waals surface area (Å²) in [5.41, 5.74) is 1.44. The number of fused-ring (bicyclic) bond motifs is 5. The average Bonchev–Trinajstić information content (AvgIpc) is 2.77. The van der Waals surface area contributed by atoms with Gasteiger partial charge in [-0.1, -0.05) is 25.5 Å². The van der Waals surface area contributed by atoms with Gasteiger partial charge < -0.3 is 15.3 Å². The molecule has 0 saturated heterocycles. The highest BCUT2D eigenvalue weighted by molar-refractivity contribution is 5.27. The van der Waals surface area contributed by atoms with Gasteiger partial charge in [0.05, 0.1) is 18.3 Å². The van der Waals surface area contributed by atoms with Crippen LogP contribution in [-0.4, -0.2) is 33.6 Å². The zero-order valence-electron chi connectivity index (χ0n) is 13.8. The Balaban J connectivity index is 1.73. The van der Waals surface area contributed by atoms with Crippen molar-refractivity contribution in [3.63, 3.8) is 0 Å². The van der Waals surface area contributed by atoms with Gasteiger partial charge in [-0.3, -0.25) is 0 Å². The minimum absolute atomic E-state index is 0.00195. The predicted molar refractivity (Wildman–Crippen MR) is 85.1 cm³/mol. The van der Waals surface area contributed by atoms with Crippen molar-refractivity contribution in [2.45, 2.75) is 77.1 Å². The van der Waals surface area contributed by atoms with Crippen LogP contribution in [0.1, 0.15) is 58.8 Å². The van der Waals surface area contributed by atoms with E-state index in [0.717, 1.165) is 44.9 Å². The SMILES string of the molecule is C[C@]12CCC(O)CC1=CC(O)[C@@H]1[C@@H]2CC[C@]2(C)C(O)CC[C@@H]12. The van der Waals surface area contributed by atoms with Crippen molar-refractivity contribution in [3.05, 3.63) is 11.6 Å². The van der Waals surface area contributed by atoms with Crippen molar-refractivity contribution in [1.82, 2.24) is 0 Å². The maximum atomic E-state index is 10.9. The minimum Gasteiger partial charge on any atom is -0.393 e. The molecule has 0 bridgehead atoms. The van der Waals surface area contributed by atoms with Crippen LogP contribution in [0.15, 0.2) is 11.6 Å². The van der Waals surface area contributed by atoms with Crippen molar-refractivity contribution in [1.29, 1.82) is 0 Å². The van der Waals surface area contributed by atoms with Crippen LogP contribution in [0, 0.1) is 28.6 Å². The maximum absolute atomic E-state index is 10.9. The monoisotopic (exact) mass is 306 g/mol. The zero-order chi connectivity index (χ0) is 15.7. The number of hydrogen-bond acceptors (Lipinski definition) is 3. The molecule has 0 aromatic carbocycles. The van der Waals surface area contributed by atoms with Gasteiger partial charge in [-0.05, 0) is 73.5 Å². The molecule has 0 aromatic heterocycles. The van der Waals surface area contributed by atoms with Crippen molar-refractivity contribution in [2.75, 3.05) is 0 Å². The lowest BCUT2D eigenvalue weighted by molar-refractivity contribution is -0.105. The molecule has 0 radical (unpaired) electrons. The normalized spacial score (nSPS) is 57.6. The summed E-state index contributed by atoms with van der Waals surface area (Å²) < 4.78 is 0. The lowest BCUT2D eigenvalue weighted by Crippen LogP contribution is -2.55. The number of hydrogen-bond donors (Lipinski definition) is 3. The zero-order valence-corrected chi connectivity index (χ0v) is 13.8. The summed E-state index contributed by atoms with van der Waals surface area (Å²) in [6.45, 7) is 4.60. The quantitative estimate of drug-likeness (QED) is 0.603. The van der Waals surface area contributed by atoms with E-state index in [1.165, 1.54) is 5.57 Å². The molecular weight excluding hydrogens is 276 g/mol. The predicted octanol–water partition coefficient (Wildman–Crippen LogP) is 2.64. The van der Waals surface area contributed by atoms with Crippen LogP contribution >= 0.6 is 0 Å². The van der Waals surface area contributed by atoms with E-state index in [9.17, 15) is 15.3 Å². The Morgan fingerprint density at radius 3 is 2.50 bits per heavy atom. The van der Waals surface area contributed by atoms with Gasteiger partial charge >= 0.3 is 0 Å². The number of rotatable bonds is 0. The summed E-state index contributed by atoms with van der Waals surface area (Å²) >= 11 is 0. The lowest BCUT2D eigenvalue weighted by Gasteiger charge is -2.58. The molecule has 3 N–H and O–H groups in total. The van der Waals surface area contributed by atoms with Crippen molar-refractivity contribution >= 4 is 0 Å². The molecule has 3 saturated carbocycles. The number of aliphatic hydroxyl groups excluding tert-OH is 3. The molecule has 124 valence electrons. The van der Waals surface area contributed by atoms with Gasteiger partial charge in [-0.25, -0.2) is 0 Å². The standard InChI is InChI=1S/C19H30O3/c1-18-7-5-12(20)9-11(18)10-15(21)17-13-3-4-16(22)19(13,2)8-6-14(17)18/h10,12-17,20-22H,3-9H2,1-2H3/t12?,13-,14-,15?,16?,17-,18-,19-/m0/s1. The van der Waals surface area contributed by atoms with Crippen LogP contribution in [0.3, 0.4) is 0 Å². The molecule has 4 aliphatic rings. The van der Waals surface area contributed by atoms with Gasteiger partial charge in [0.1, 0.15) is 0 Å². The van der Waals surface area contributed by atoms with E-state index in [-0.39, 0.29) is 23.0 Å². The van der Waals surface area contributed by atoms with Gasteiger partial charge in [0.2, 0.25) is 0 Å². The second-order valence-electron chi connectivity index (χ2n) is 8.92. The Morgan fingerprint density at radius 1 is 0.955 bits per heavy atom. The van der Waals surface area contributed by atoms with Crippen LogP contribution in [0.4, 0.5) is 0 Å². The fourth-order valence-electron chi connectivity index (χ4n) is 6.60. The van der Waals surface area contributed by atoms with Gasteiger partial charge in [0.25, 0.3) is 0 Å². The molecule has 0 amide bonds. The highest BCUT2D eigenvalue weighted by Gasteiger charge is 2.60. The number of aliphatic hydroxyl groups is 3. The molecule has 4 aliphatic carbocycles. The lowest BCUT2D eigenvalue weighted by atomic mass is 9.47. The fraction of sp³-hybridized carbons (Fsp3) is 0.895. The largest absolute Gasteiger partial charge is 0.393 e. The first-order valence-electron chi connectivity index (χ1n) is 9.11. The first-order chi connectivity index (χ1) is 10.4. The Labute approximate surface area is 133 Å². The van der Waals surface area contributed by atoms with E-state index in [1.54, 1.807) is 0 Å². The van der Waals surface area contributed by atoms with E-state index in [0.29, 0.717) is 17.8 Å². The molecule has 0 spiro atoms. The first-order valence-corrected chi connectivity index (χ1v) is 9.11. The Hall–Kier alpha value is -0.380. The Morgan fingerprint density at radius 2 is 1.73 bits per heavy atom. The molecule has 0 aromatic rings. The van der Waals surface area contributed by atoms with Gasteiger partial charge in [0, 0.05) is 0 Å². The third-order valence-corrected chi connectivity index (χ3v) is 8.05. The van der Waals surface area contributed by atoms with Crippen LogP contribution in [-0.2, 0) is 0 Å². The van der Waals surface area contributed by atoms with Crippen molar-refractivity contribution < 1.29 is 15.3 Å². The van der Waals surface area contributed by atoms with Gasteiger partial charge in [-0.15, -0.1) is 0 Å². The summed E-state index contributed by atoms with van der Waals surface area (Å²) in [5.74, 6) is 1.25. The molecular formula is C19H30O3. The Kier molecular flexibility index (Phi) is 3.32. The van der Waals surface area contributed by atoms with Crippen LogP contribution in [0.2, 0.25) is 0 Å². The molecule has 3 heteroatoms. The maximum Gasteiger partial charge on any atom is 0.0757 e. The first kappa shape index (κ1) is 15.2. The third kappa shape index (κ3) is 1.85. The topological polar surface area (TPSA) is 60.7 Å². The van der Waals surface area contributed by atoms with E-state index in [2.05, 4.69) is 19.9 Å². The van der Waals surface area contributed by atoms with Crippen LogP contribution in [0.25, 0.3) is 0 Å². The average molecular weight is 306 g/mol. The molecule has 0 aliphatic heterocycles. The third-order valence-electron chi connectivity index (χ3n) is 8.05. The molecule has 22 heavy (non-hydrogen) atoms. The van der Waals surface area contributed by atoms with Gasteiger partial charge in [-0.2, -0.15) is 0 Å². The van der Waals surface area contributed by atoms with Crippen molar-refractivity contribution in [2.24, 2.45) is 28.6 Å². The van der Waals surface area contributed by atoms with Crippen molar-refractivity contribution in [3.8, 4) is 0 Å². The molecule has 3 fully saturated rings. The summed E-state index contributed by atoms with van der Waals surface area (Å²) in [4.78, 5) is 0. The van der Waals surface area contributed by atoms with Crippen LogP contribution < -0.4 is 0 Å². The van der Waals surface area contributed by atoms with Gasteiger partial charge in [0.15, 0.2) is 0 Å². The van der Waals surface area contributed by atoms with E-state index >= 15 is 0 Å². The van der Waals surface area contributed by atoms with E-state index < -0.39 is 6.10 Å². The molecule has 0 heterocycles. The molecule has 3 unspecified atom stereocenters. The summed E-state index contributed by atoms with van der Waals surface area (Å²) in [5, 5.41) is 31.3. The Bertz CT molecular complexity index is 501. The van der Waals surface area contributed by atoms with E-state index in [1.807, 2.05) is 0 Å². The highest BCUT2D eigenvalue weighted by Crippen LogP contribution is 2.64.